The largest absolute Gasteiger partial charge is 0.300 e. The van der Waals surface area contributed by atoms with Crippen molar-refractivity contribution in [1.82, 2.24) is 0 Å². The van der Waals surface area contributed by atoms with Gasteiger partial charge in [-0.05, 0) is 24.0 Å². The van der Waals surface area contributed by atoms with Crippen molar-refractivity contribution in [3.8, 4) is 0 Å². The first-order valence-electron chi connectivity index (χ1n) is 3.68. The van der Waals surface area contributed by atoms with E-state index in [1.807, 2.05) is 0 Å². The zero-order chi connectivity index (χ0) is 8.97. The lowest BCUT2D eigenvalue weighted by Crippen LogP contribution is -2.00. The Hall–Kier alpha value is -1.12. The van der Waals surface area contributed by atoms with Crippen LogP contribution in [0.1, 0.15) is 5.56 Å². The Morgan fingerprint density at radius 2 is 1.92 bits per heavy atom. The van der Waals surface area contributed by atoms with Crippen molar-refractivity contribution in [2.75, 3.05) is 0 Å². The summed E-state index contributed by atoms with van der Waals surface area (Å²) in [5.74, 6) is -0.333. The molecule has 0 saturated carbocycles. The van der Waals surface area contributed by atoms with Crippen LogP contribution in [0.5, 0.6) is 0 Å². The quantitative estimate of drug-likeness (QED) is 0.615. The van der Waals surface area contributed by atoms with Gasteiger partial charge in [0.15, 0.2) is 0 Å². The Kier molecular flexibility index (Phi) is 3.03. The molecule has 0 heterocycles. The van der Waals surface area contributed by atoms with Gasteiger partial charge in [-0.1, -0.05) is 12.1 Å². The molecule has 12 heavy (non-hydrogen) atoms. The third-order valence-electron chi connectivity index (χ3n) is 1.54. The summed E-state index contributed by atoms with van der Waals surface area (Å²) >= 11 is 0. The van der Waals surface area contributed by atoms with Crippen molar-refractivity contribution >= 4 is 13.6 Å². The van der Waals surface area contributed by atoms with Crippen LogP contribution in [-0.4, -0.2) is 13.6 Å². The minimum atomic E-state index is -0.293. The van der Waals surface area contributed by atoms with Crippen LogP contribution >= 0.6 is 0 Å². The molecule has 1 rings (SSSR count). The summed E-state index contributed by atoms with van der Waals surface area (Å²) in [5, 5.41) is 0. The van der Waals surface area contributed by atoms with Gasteiger partial charge < -0.3 is 4.79 Å². The van der Waals surface area contributed by atoms with Crippen molar-refractivity contribution in [2.24, 2.45) is 0 Å². The van der Waals surface area contributed by atoms with Crippen molar-refractivity contribution in [3.05, 3.63) is 35.6 Å². The van der Waals surface area contributed by atoms with Gasteiger partial charge >= 0.3 is 0 Å². The van der Waals surface area contributed by atoms with Gasteiger partial charge in [0.1, 0.15) is 11.6 Å². The van der Waals surface area contributed by atoms with Crippen molar-refractivity contribution in [1.29, 1.82) is 0 Å². The molecule has 0 fully saturated rings. The highest BCUT2D eigenvalue weighted by Crippen LogP contribution is 2.04. The summed E-state index contributed by atoms with van der Waals surface area (Å²) in [6, 6.07) is 5.84. The third kappa shape index (κ3) is 2.49. The molecule has 0 bridgehead atoms. The molecule has 0 aliphatic carbocycles. The Morgan fingerprint density at radius 3 is 2.42 bits per heavy atom. The number of hydrogen-bond acceptors (Lipinski definition) is 1. The van der Waals surface area contributed by atoms with Gasteiger partial charge in [-0.15, -0.1) is 0 Å². The van der Waals surface area contributed by atoms with E-state index in [4.69, 9.17) is 7.85 Å². The van der Waals surface area contributed by atoms with Gasteiger partial charge in [0.05, 0.1) is 7.85 Å². The summed E-state index contributed by atoms with van der Waals surface area (Å²) in [6.45, 7) is 0. The summed E-state index contributed by atoms with van der Waals surface area (Å²) in [6.07, 6.45) is 0.328. The molecule has 0 aliphatic heterocycles. The van der Waals surface area contributed by atoms with Crippen molar-refractivity contribution in [2.45, 2.75) is 12.7 Å². The standard InChI is InChI=1S/C9H8BFO/c10-6-9(12)5-7-1-3-8(11)4-2-7/h1-4H,5-6H2. The van der Waals surface area contributed by atoms with Gasteiger partial charge in [0.25, 0.3) is 0 Å². The number of benzene rings is 1. The maximum atomic E-state index is 12.4. The first kappa shape index (κ1) is 8.98. The van der Waals surface area contributed by atoms with E-state index < -0.39 is 0 Å². The average molecular weight is 162 g/mol. The number of rotatable bonds is 3. The molecule has 1 aromatic rings. The summed E-state index contributed by atoms with van der Waals surface area (Å²) in [4.78, 5) is 10.8. The van der Waals surface area contributed by atoms with E-state index in [2.05, 4.69) is 0 Å². The lowest BCUT2D eigenvalue weighted by atomic mass is 9.96. The molecule has 3 heteroatoms. The monoisotopic (exact) mass is 162 g/mol. The lowest BCUT2D eigenvalue weighted by molar-refractivity contribution is -0.116. The number of carbonyl (C=O) groups excluding carboxylic acids is 1. The molecule has 0 unspecified atom stereocenters. The zero-order valence-corrected chi connectivity index (χ0v) is 6.59. The second-order valence-corrected chi connectivity index (χ2v) is 2.55. The fourth-order valence-electron chi connectivity index (χ4n) is 0.902. The predicted molar refractivity (Wildman–Crippen MR) is 45.7 cm³/mol. The number of Topliss-reactive ketones (excluding diaryl/α,β-unsaturated/α-hetero) is 1. The number of carbonyl (C=O) groups is 1. The average Bonchev–Trinajstić information content (AvgIpc) is 2.09. The van der Waals surface area contributed by atoms with E-state index in [0.717, 1.165) is 5.56 Å². The molecular formula is C9H8BFO. The topological polar surface area (TPSA) is 17.1 Å². The van der Waals surface area contributed by atoms with E-state index in [-0.39, 0.29) is 24.3 Å². The highest BCUT2D eigenvalue weighted by Gasteiger charge is 1.99. The number of hydrogen-bond donors (Lipinski definition) is 0. The van der Waals surface area contributed by atoms with Crippen LogP contribution in [0.25, 0.3) is 0 Å². The highest BCUT2D eigenvalue weighted by atomic mass is 19.1. The third-order valence-corrected chi connectivity index (χ3v) is 1.54. The molecule has 0 aliphatic rings. The Morgan fingerprint density at radius 1 is 1.33 bits per heavy atom. The van der Waals surface area contributed by atoms with E-state index >= 15 is 0 Å². The van der Waals surface area contributed by atoms with Crippen molar-refractivity contribution in [3.63, 3.8) is 0 Å². The van der Waals surface area contributed by atoms with E-state index in [1.165, 1.54) is 12.1 Å². The van der Waals surface area contributed by atoms with Crippen LogP contribution in [0.15, 0.2) is 24.3 Å². The highest BCUT2D eigenvalue weighted by molar-refractivity contribution is 6.20. The lowest BCUT2D eigenvalue weighted by Gasteiger charge is -1.97. The molecule has 0 spiro atoms. The Bertz CT molecular complexity index is 268. The van der Waals surface area contributed by atoms with E-state index in [0.29, 0.717) is 0 Å². The smallest absolute Gasteiger partial charge is 0.128 e. The van der Waals surface area contributed by atoms with Crippen LogP contribution in [0.3, 0.4) is 0 Å². The molecule has 0 amide bonds. The minimum Gasteiger partial charge on any atom is -0.300 e. The Labute approximate surface area is 72.0 Å². The maximum Gasteiger partial charge on any atom is 0.128 e. The predicted octanol–water partition coefficient (Wildman–Crippen LogP) is 1.52. The first-order chi connectivity index (χ1) is 5.72. The molecular weight excluding hydrogens is 154 g/mol. The van der Waals surface area contributed by atoms with E-state index in [1.54, 1.807) is 12.1 Å². The van der Waals surface area contributed by atoms with Crippen molar-refractivity contribution < 1.29 is 9.18 Å². The van der Waals surface area contributed by atoms with Crippen LogP contribution in [-0.2, 0) is 11.2 Å². The van der Waals surface area contributed by atoms with Gasteiger partial charge in [-0.2, -0.15) is 0 Å². The zero-order valence-electron chi connectivity index (χ0n) is 6.59. The number of ketones is 1. The fraction of sp³-hybridized carbons (Fsp3) is 0.222. The van der Waals surface area contributed by atoms with Crippen LogP contribution < -0.4 is 0 Å². The molecule has 0 saturated heterocycles. The van der Waals surface area contributed by atoms with Gasteiger partial charge in [-0.3, -0.25) is 0 Å². The van der Waals surface area contributed by atoms with Crippen LogP contribution in [0.2, 0.25) is 6.32 Å². The normalized spacial score (nSPS) is 9.75. The van der Waals surface area contributed by atoms with Gasteiger partial charge in [0.2, 0.25) is 0 Å². The maximum absolute atomic E-state index is 12.4. The Balaban J connectivity index is 2.64. The molecule has 2 radical (unpaired) electrons. The van der Waals surface area contributed by atoms with Crippen LogP contribution in [0.4, 0.5) is 4.39 Å². The molecule has 60 valence electrons. The van der Waals surface area contributed by atoms with Gasteiger partial charge in [-0.25, -0.2) is 4.39 Å². The molecule has 0 N–H and O–H groups in total. The second kappa shape index (κ2) is 4.05. The summed E-state index contributed by atoms with van der Waals surface area (Å²) in [5.41, 5.74) is 0.798. The fourth-order valence-corrected chi connectivity index (χ4v) is 0.902. The molecule has 0 atom stereocenters. The SMILES string of the molecule is [B]CC(=O)Cc1ccc(F)cc1. The molecule has 1 aromatic carbocycles. The first-order valence-corrected chi connectivity index (χ1v) is 3.68. The molecule has 1 nitrogen and oxygen atoms in total. The summed E-state index contributed by atoms with van der Waals surface area (Å²) < 4.78 is 12.4. The number of halogens is 1. The second-order valence-electron chi connectivity index (χ2n) is 2.55. The minimum absolute atomic E-state index is 0.0391. The van der Waals surface area contributed by atoms with Crippen LogP contribution in [0, 0.1) is 5.82 Å². The molecule has 0 aromatic heterocycles. The summed E-state index contributed by atoms with van der Waals surface area (Å²) in [7, 11) is 5.13. The van der Waals surface area contributed by atoms with E-state index in [9.17, 15) is 9.18 Å². The van der Waals surface area contributed by atoms with Gasteiger partial charge in [0, 0.05) is 6.42 Å².